The maximum atomic E-state index is 6.06. The fraction of sp³-hybridized carbons (Fsp3) is 1.00. The average molecular weight is 212 g/mol. The minimum absolute atomic E-state index is 0.286. The highest BCUT2D eigenvalue weighted by atomic mass is 15.2. The molecule has 90 valence electrons. The SMILES string of the molecule is CC(C)N(C)C1(CN)CCCCCCC1. The van der Waals surface area contributed by atoms with Crippen LogP contribution in [0.5, 0.6) is 0 Å². The summed E-state index contributed by atoms with van der Waals surface area (Å²) >= 11 is 0. The predicted molar refractivity (Wildman–Crippen MR) is 67.0 cm³/mol. The Morgan fingerprint density at radius 1 is 1.07 bits per heavy atom. The predicted octanol–water partition coefficient (Wildman–Crippen LogP) is 2.77. The maximum absolute atomic E-state index is 6.06. The van der Waals surface area contributed by atoms with E-state index in [0.29, 0.717) is 6.04 Å². The standard InChI is InChI=1S/C13H28N2/c1-12(2)15(3)13(11-14)9-7-5-4-6-8-10-13/h12H,4-11,14H2,1-3H3. The number of likely N-dealkylation sites (N-methyl/N-ethyl adjacent to an activating group) is 1. The average Bonchev–Trinajstić information content (AvgIpc) is 2.17. The van der Waals surface area contributed by atoms with Crippen molar-refractivity contribution in [1.29, 1.82) is 0 Å². The van der Waals surface area contributed by atoms with Crippen LogP contribution < -0.4 is 5.73 Å². The molecule has 1 fully saturated rings. The van der Waals surface area contributed by atoms with E-state index in [4.69, 9.17) is 5.73 Å². The van der Waals surface area contributed by atoms with E-state index in [2.05, 4.69) is 25.8 Å². The summed E-state index contributed by atoms with van der Waals surface area (Å²) in [6.45, 7) is 5.37. The van der Waals surface area contributed by atoms with Gasteiger partial charge in [-0.05, 0) is 33.7 Å². The van der Waals surface area contributed by atoms with Gasteiger partial charge in [0.05, 0.1) is 0 Å². The summed E-state index contributed by atoms with van der Waals surface area (Å²) in [5, 5.41) is 0. The highest BCUT2D eigenvalue weighted by molar-refractivity contribution is 4.92. The molecule has 0 aromatic carbocycles. The van der Waals surface area contributed by atoms with Crippen LogP contribution in [0.25, 0.3) is 0 Å². The second-order valence-electron chi connectivity index (χ2n) is 5.40. The molecule has 1 rings (SSSR count). The molecule has 2 heteroatoms. The fourth-order valence-corrected chi connectivity index (χ4v) is 2.81. The zero-order valence-corrected chi connectivity index (χ0v) is 10.8. The first kappa shape index (κ1) is 13.0. The van der Waals surface area contributed by atoms with Crippen molar-refractivity contribution in [3.05, 3.63) is 0 Å². The molecule has 1 saturated carbocycles. The molecule has 15 heavy (non-hydrogen) atoms. The molecule has 0 unspecified atom stereocenters. The second kappa shape index (κ2) is 5.86. The Morgan fingerprint density at radius 2 is 1.53 bits per heavy atom. The lowest BCUT2D eigenvalue weighted by molar-refractivity contribution is 0.0655. The van der Waals surface area contributed by atoms with Crippen molar-refractivity contribution < 1.29 is 0 Å². The van der Waals surface area contributed by atoms with Crippen LogP contribution in [0.2, 0.25) is 0 Å². The van der Waals surface area contributed by atoms with E-state index in [1.54, 1.807) is 0 Å². The van der Waals surface area contributed by atoms with E-state index in [1.807, 2.05) is 0 Å². The van der Waals surface area contributed by atoms with E-state index in [1.165, 1.54) is 44.9 Å². The molecule has 0 bridgehead atoms. The van der Waals surface area contributed by atoms with Gasteiger partial charge in [0.2, 0.25) is 0 Å². The highest BCUT2D eigenvalue weighted by Crippen LogP contribution is 2.31. The molecular weight excluding hydrogens is 184 g/mol. The minimum Gasteiger partial charge on any atom is -0.329 e. The molecule has 1 aliphatic rings. The lowest BCUT2D eigenvalue weighted by Crippen LogP contribution is -2.54. The van der Waals surface area contributed by atoms with Gasteiger partial charge in [0.1, 0.15) is 0 Å². The summed E-state index contributed by atoms with van der Waals surface area (Å²) < 4.78 is 0. The molecular formula is C13H28N2. The molecule has 0 aliphatic heterocycles. The third-order valence-corrected chi connectivity index (χ3v) is 4.19. The quantitative estimate of drug-likeness (QED) is 0.779. The summed E-state index contributed by atoms with van der Waals surface area (Å²) in [5.74, 6) is 0. The molecule has 2 nitrogen and oxygen atoms in total. The largest absolute Gasteiger partial charge is 0.329 e. The summed E-state index contributed by atoms with van der Waals surface area (Å²) in [4.78, 5) is 2.51. The van der Waals surface area contributed by atoms with E-state index < -0.39 is 0 Å². The van der Waals surface area contributed by atoms with E-state index >= 15 is 0 Å². The number of hydrogen-bond donors (Lipinski definition) is 1. The van der Waals surface area contributed by atoms with Gasteiger partial charge in [-0.15, -0.1) is 0 Å². The van der Waals surface area contributed by atoms with Gasteiger partial charge in [-0.3, -0.25) is 4.90 Å². The first-order chi connectivity index (χ1) is 7.12. The van der Waals surface area contributed by atoms with Crippen LogP contribution in [-0.2, 0) is 0 Å². The number of rotatable bonds is 3. The van der Waals surface area contributed by atoms with Gasteiger partial charge in [0, 0.05) is 18.1 Å². The van der Waals surface area contributed by atoms with Gasteiger partial charge >= 0.3 is 0 Å². The molecule has 0 amide bonds. The summed E-state index contributed by atoms with van der Waals surface area (Å²) in [6, 6.07) is 0.605. The molecule has 0 aromatic heterocycles. The Hall–Kier alpha value is -0.0800. The molecule has 0 heterocycles. The van der Waals surface area contributed by atoms with E-state index in [9.17, 15) is 0 Å². The first-order valence-electron chi connectivity index (χ1n) is 6.55. The van der Waals surface area contributed by atoms with Crippen LogP contribution in [0.1, 0.15) is 58.8 Å². The number of hydrogen-bond acceptors (Lipinski definition) is 2. The van der Waals surface area contributed by atoms with Crippen molar-refractivity contribution in [2.24, 2.45) is 5.73 Å². The van der Waals surface area contributed by atoms with Crippen LogP contribution in [-0.4, -0.2) is 30.1 Å². The van der Waals surface area contributed by atoms with Gasteiger partial charge < -0.3 is 5.73 Å². The zero-order chi connectivity index (χ0) is 11.3. The minimum atomic E-state index is 0.286. The lowest BCUT2D eigenvalue weighted by Gasteiger charge is -2.45. The van der Waals surface area contributed by atoms with Crippen LogP contribution in [0.4, 0.5) is 0 Å². The molecule has 0 atom stereocenters. The van der Waals surface area contributed by atoms with Crippen LogP contribution in [0.3, 0.4) is 0 Å². The fourth-order valence-electron chi connectivity index (χ4n) is 2.81. The topological polar surface area (TPSA) is 29.3 Å². The van der Waals surface area contributed by atoms with Gasteiger partial charge in [-0.1, -0.05) is 32.1 Å². The first-order valence-corrected chi connectivity index (χ1v) is 6.55. The van der Waals surface area contributed by atoms with Crippen LogP contribution in [0, 0.1) is 0 Å². The van der Waals surface area contributed by atoms with E-state index in [-0.39, 0.29) is 5.54 Å². The molecule has 2 N–H and O–H groups in total. The van der Waals surface area contributed by atoms with Gasteiger partial charge in [-0.25, -0.2) is 0 Å². The Labute approximate surface area is 95.2 Å². The zero-order valence-electron chi connectivity index (χ0n) is 10.8. The second-order valence-corrected chi connectivity index (χ2v) is 5.40. The summed E-state index contributed by atoms with van der Waals surface area (Å²) in [5.41, 5.74) is 6.34. The third-order valence-electron chi connectivity index (χ3n) is 4.19. The van der Waals surface area contributed by atoms with Gasteiger partial charge in [0.15, 0.2) is 0 Å². The normalized spacial score (nSPS) is 22.8. The van der Waals surface area contributed by atoms with Crippen molar-refractivity contribution in [2.45, 2.75) is 70.4 Å². The third kappa shape index (κ3) is 3.18. The molecule has 0 saturated heterocycles. The smallest absolute Gasteiger partial charge is 0.0331 e. The molecule has 1 aliphatic carbocycles. The van der Waals surface area contributed by atoms with E-state index in [0.717, 1.165) is 6.54 Å². The Balaban J connectivity index is 2.69. The summed E-state index contributed by atoms with van der Waals surface area (Å²) in [6.07, 6.45) is 9.51. The lowest BCUT2D eigenvalue weighted by atomic mass is 9.82. The Kier molecular flexibility index (Phi) is 5.07. The van der Waals surface area contributed by atoms with Crippen LogP contribution in [0.15, 0.2) is 0 Å². The monoisotopic (exact) mass is 212 g/mol. The maximum Gasteiger partial charge on any atom is 0.0331 e. The van der Waals surface area contributed by atoms with Crippen molar-refractivity contribution in [2.75, 3.05) is 13.6 Å². The van der Waals surface area contributed by atoms with Crippen molar-refractivity contribution in [1.82, 2.24) is 4.90 Å². The highest BCUT2D eigenvalue weighted by Gasteiger charge is 2.34. The van der Waals surface area contributed by atoms with Crippen molar-refractivity contribution in [3.63, 3.8) is 0 Å². The van der Waals surface area contributed by atoms with Crippen molar-refractivity contribution >= 4 is 0 Å². The molecule has 0 spiro atoms. The van der Waals surface area contributed by atoms with Crippen molar-refractivity contribution in [3.8, 4) is 0 Å². The van der Waals surface area contributed by atoms with Crippen LogP contribution >= 0.6 is 0 Å². The Morgan fingerprint density at radius 3 is 1.93 bits per heavy atom. The summed E-state index contributed by atoms with van der Waals surface area (Å²) in [7, 11) is 2.25. The molecule has 0 radical (unpaired) electrons. The number of nitrogens with two attached hydrogens (primary N) is 1. The Bertz CT molecular complexity index is 169. The number of nitrogens with zero attached hydrogens (tertiary/aromatic N) is 1. The van der Waals surface area contributed by atoms with Gasteiger partial charge in [0.25, 0.3) is 0 Å². The molecule has 0 aromatic rings. The van der Waals surface area contributed by atoms with Gasteiger partial charge in [-0.2, -0.15) is 0 Å².